The van der Waals surface area contributed by atoms with E-state index in [-0.39, 0.29) is 5.78 Å². The number of benzene rings is 1. The zero-order valence-electron chi connectivity index (χ0n) is 6.69. The summed E-state index contributed by atoms with van der Waals surface area (Å²) in [6, 6.07) is 5.30. The van der Waals surface area contributed by atoms with E-state index < -0.39 is 0 Å². The molecule has 0 saturated carbocycles. The number of hydrogen-bond donors (Lipinski definition) is 0. The normalized spacial score (nSPS) is 10.1. The Labute approximate surface area is 101 Å². The van der Waals surface area contributed by atoms with Crippen LogP contribution in [0.5, 0.6) is 0 Å². The van der Waals surface area contributed by atoms with Crippen molar-refractivity contribution in [3.8, 4) is 0 Å². The summed E-state index contributed by atoms with van der Waals surface area (Å²) >= 11 is 13.4. The Bertz CT molecular complexity index is 325. The smallest absolute Gasteiger partial charge is 0.165 e. The number of ketones is 1. The molecule has 13 heavy (non-hydrogen) atoms. The van der Waals surface area contributed by atoms with Crippen molar-refractivity contribution in [3.63, 3.8) is 0 Å². The van der Waals surface area contributed by atoms with Crippen molar-refractivity contribution in [2.45, 2.75) is 6.42 Å². The van der Waals surface area contributed by atoms with Crippen molar-refractivity contribution >= 4 is 51.6 Å². The van der Waals surface area contributed by atoms with Crippen LogP contribution in [0.25, 0.3) is 0 Å². The lowest BCUT2D eigenvalue weighted by atomic mass is 10.1. The Morgan fingerprint density at radius 2 is 2.15 bits per heavy atom. The standard InChI is InChI=1S/C9H7Cl2IO/c10-5-4-8(13)6-2-1-3-7(11)9(6)12/h1-3H,4-5H2. The maximum Gasteiger partial charge on any atom is 0.165 e. The highest BCUT2D eigenvalue weighted by atomic mass is 127. The zero-order valence-corrected chi connectivity index (χ0v) is 10.4. The molecule has 4 heteroatoms. The number of carbonyl (C=O) groups is 1. The highest BCUT2D eigenvalue weighted by Crippen LogP contribution is 2.22. The molecule has 0 saturated heterocycles. The Kier molecular flexibility index (Phi) is 4.49. The Morgan fingerprint density at radius 1 is 1.46 bits per heavy atom. The summed E-state index contributed by atoms with van der Waals surface area (Å²) in [6.07, 6.45) is 0.359. The maximum atomic E-state index is 11.5. The van der Waals surface area contributed by atoms with Crippen LogP contribution < -0.4 is 0 Å². The van der Waals surface area contributed by atoms with E-state index in [1.165, 1.54) is 0 Å². The molecule has 0 aliphatic rings. The van der Waals surface area contributed by atoms with Gasteiger partial charge in [-0.25, -0.2) is 0 Å². The lowest BCUT2D eigenvalue weighted by Gasteiger charge is -2.03. The molecular weight excluding hydrogens is 322 g/mol. The minimum atomic E-state index is 0.0434. The quantitative estimate of drug-likeness (QED) is 0.469. The first-order valence-corrected chi connectivity index (χ1v) is 5.69. The van der Waals surface area contributed by atoms with Gasteiger partial charge >= 0.3 is 0 Å². The average Bonchev–Trinajstić information content (AvgIpc) is 2.10. The van der Waals surface area contributed by atoms with Crippen LogP contribution in [0.4, 0.5) is 0 Å². The van der Waals surface area contributed by atoms with Gasteiger partial charge in [-0.1, -0.05) is 23.7 Å². The number of alkyl halides is 1. The monoisotopic (exact) mass is 328 g/mol. The summed E-state index contributed by atoms with van der Waals surface area (Å²) in [5.74, 6) is 0.392. The predicted molar refractivity (Wildman–Crippen MR) is 63.8 cm³/mol. The second-order valence-electron chi connectivity index (χ2n) is 2.46. The van der Waals surface area contributed by atoms with E-state index in [2.05, 4.69) is 22.6 Å². The highest BCUT2D eigenvalue weighted by molar-refractivity contribution is 14.1. The molecule has 0 fully saturated rings. The minimum absolute atomic E-state index is 0.0434. The second-order valence-corrected chi connectivity index (χ2v) is 4.33. The van der Waals surface area contributed by atoms with Crippen molar-refractivity contribution in [2.24, 2.45) is 0 Å². The molecular formula is C9H7Cl2IO. The fraction of sp³-hybridized carbons (Fsp3) is 0.222. The lowest BCUT2D eigenvalue weighted by molar-refractivity contribution is 0.0988. The van der Waals surface area contributed by atoms with E-state index in [4.69, 9.17) is 23.2 Å². The zero-order chi connectivity index (χ0) is 9.84. The van der Waals surface area contributed by atoms with Crippen LogP contribution in [-0.2, 0) is 0 Å². The van der Waals surface area contributed by atoms with Crippen molar-refractivity contribution in [3.05, 3.63) is 32.4 Å². The van der Waals surface area contributed by atoms with Gasteiger partial charge in [0.15, 0.2) is 5.78 Å². The van der Waals surface area contributed by atoms with Crippen LogP contribution in [0, 0.1) is 3.57 Å². The molecule has 0 unspecified atom stereocenters. The summed E-state index contributed by atoms with van der Waals surface area (Å²) in [6.45, 7) is 0. The fourth-order valence-corrected chi connectivity index (χ4v) is 1.95. The maximum absolute atomic E-state index is 11.5. The summed E-state index contributed by atoms with van der Waals surface area (Å²) < 4.78 is 0.803. The van der Waals surface area contributed by atoms with Crippen LogP contribution in [0.2, 0.25) is 5.02 Å². The van der Waals surface area contributed by atoms with Gasteiger partial charge in [-0.3, -0.25) is 4.79 Å². The van der Waals surface area contributed by atoms with Gasteiger partial charge in [-0.2, -0.15) is 0 Å². The van der Waals surface area contributed by atoms with Crippen molar-refractivity contribution in [1.82, 2.24) is 0 Å². The van der Waals surface area contributed by atoms with E-state index >= 15 is 0 Å². The molecule has 0 atom stereocenters. The van der Waals surface area contributed by atoms with Gasteiger partial charge in [0.05, 0.1) is 5.02 Å². The van der Waals surface area contributed by atoms with Crippen LogP contribution in [-0.4, -0.2) is 11.7 Å². The minimum Gasteiger partial charge on any atom is -0.294 e. The number of halogens is 3. The molecule has 1 aromatic carbocycles. The van der Waals surface area contributed by atoms with Gasteiger partial charge in [-0.15, -0.1) is 11.6 Å². The first-order chi connectivity index (χ1) is 6.16. The van der Waals surface area contributed by atoms with Crippen LogP contribution in [0.1, 0.15) is 16.8 Å². The molecule has 0 aliphatic heterocycles. The molecule has 0 radical (unpaired) electrons. The summed E-state index contributed by atoms with van der Waals surface area (Å²) in [7, 11) is 0. The average molecular weight is 329 g/mol. The van der Waals surface area contributed by atoms with E-state index in [0.29, 0.717) is 22.9 Å². The molecule has 0 N–H and O–H groups in total. The number of carbonyl (C=O) groups excluding carboxylic acids is 1. The van der Waals surface area contributed by atoms with E-state index in [0.717, 1.165) is 3.57 Å². The molecule has 0 bridgehead atoms. The lowest BCUT2D eigenvalue weighted by Crippen LogP contribution is -2.02. The predicted octanol–water partition coefficient (Wildman–Crippen LogP) is 3.76. The third-order valence-electron chi connectivity index (χ3n) is 1.57. The van der Waals surface area contributed by atoms with Gasteiger partial charge in [0.1, 0.15) is 0 Å². The fourth-order valence-electron chi connectivity index (χ4n) is 0.940. The summed E-state index contributed by atoms with van der Waals surface area (Å²) in [5.41, 5.74) is 0.661. The number of rotatable bonds is 3. The van der Waals surface area contributed by atoms with E-state index in [1.807, 2.05) is 0 Å². The highest BCUT2D eigenvalue weighted by Gasteiger charge is 2.10. The van der Waals surface area contributed by atoms with Gasteiger partial charge in [0.2, 0.25) is 0 Å². The number of Topliss-reactive ketones (excluding diaryl/α,β-unsaturated/α-hetero) is 1. The van der Waals surface area contributed by atoms with E-state index in [1.54, 1.807) is 18.2 Å². The van der Waals surface area contributed by atoms with Crippen LogP contribution >= 0.6 is 45.8 Å². The Hall–Kier alpha value is 0.200. The largest absolute Gasteiger partial charge is 0.294 e. The Morgan fingerprint density at radius 3 is 2.77 bits per heavy atom. The van der Waals surface area contributed by atoms with Crippen LogP contribution in [0.15, 0.2) is 18.2 Å². The molecule has 70 valence electrons. The first kappa shape index (κ1) is 11.3. The molecule has 1 rings (SSSR count). The molecule has 0 aliphatic carbocycles. The van der Waals surface area contributed by atoms with E-state index in [9.17, 15) is 4.79 Å². The molecule has 0 heterocycles. The molecule has 1 nitrogen and oxygen atoms in total. The van der Waals surface area contributed by atoms with Crippen LogP contribution in [0.3, 0.4) is 0 Å². The van der Waals surface area contributed by atoms with Gasteiger partial charge in [0, 0.05) is 21.4 Å². The second kappa shape index (κ2) is 5.17. The summed E-state index contributed by atoms with van der Waals surface area (Å²) in [5, 5.41) is 0.612. The third-order valence-corrected chi connectivity index (χ3v) is 3.56. The summed E-state index contributed by atoms with van der Waals surface area (Å²) in [4.78, 5) is 11.5. The Balaban J connectivity index is 3.01. The van der Waals surface area contributed by atoms with Gasteiger partial charge in [0.25, 0.3) is 0 Å². The van der Waals surface area contributed by atoms with Crippen molar-refractivity contribution in [1.29, 1.82) is 0 Å². The SMILES string of the molecule is O=C(CCCl)c1cccc(Cl)c1I. The number of hydrogen-bond acceptors (Lipinski definition) is 1. The molecule has 0 aromatic heterocycles. The third kappa shape index (κ3) is 2.82. The van der Waals surface area contributed by atoms with Crippen molar-refractivity contribution < 1.29 is 4.79 Å². The molecule has 0 spiro atoms. The van der Waals surface area contributed by atoms with Crippen molar-refractivity contribution in [2.75, 3.05) is 5.88 Å². The van der Waals surface area contributed by atoms with Gasteiger partial charge < -0.3 is 0 Å². The van der Waals surface area contributed by atoms with Gasteiger partial charge in [-0.05, 0) is 28.7 Å². The first-order valence-electron chi connectivity index (χ1n) is 3.70. The topological polar surface area (TPSA) is 17.1 Å². The molecule has 1 aromatic rings. The molecule has 0 amide bonds.